The van der Waals surface area contributed by atoms with Crippen molar-refractivity contribution in [2.45, 2.75) is 63.2 Å². The number of carboxylic acids is 1. The van der Waals surface area contributed by atoms with Crippen LogP contribution in [0.3, 0.4) is 0 Å². The highest BCUT2D eigenvalue weighted by Gasteiger charge is 2.27. The Hall–Kier alpha value is -5.09. The van der Waals surface area contributed by atoms with Crippen molar-refractivity contribution in [1.29, 1.82) is 0 Å². The number of aromatic nitrogens is 2. The van der Waals surface area contributed by atoms with E-state index in [0.717, 1.165) is 37.6 Å². The van der Waals surface area contributed by atoms with E-state index in [1.165, 1.54) is 24.3 Å². The van der Waals surface area contributed by atoms with E-state index in [0.29, 0.717) is 54.0 Å². The lowest BCUT2D eigenvalue weighted by Gasteiger charge is -2.30. The van der Waals surface area contributed by atoms with E-state index in [9.17, 15) is 24.2 Å². The number of benzene rings is 4. The van der Waals surface area contributed by atoms with Crippen LogP contribution in [0.25, 0.3) is 22.4 Å². The fourth-order valence-electron chi connectivity index (χ4n) is 7.07. The standard InChI is InChI=1S/C39H37F2N3O5/c40-28-12-9-24(10-13-28)36(25-5-4-6-26(21-25)38(46)43-19-17-30(45)18-20-43)49-31-14-15-32(33(41)23-31)37-42-34-22-27(39(47)48)11-16-35(34)44(37)29-7-2-1-3-8-29/h4-6,9-16,21-23,29-30,36,45H,1-3,7-8,17-20H2,(H,47,48). The number of aromatic carboxylic acids is 1. The van der Waals surface area contributed by atoms with Gasteiger partial charge in [0.25, 0.3) is 5.91 Å². The largest absolute Gasteiger partial charge is 0.481 e. The molecule has 4 aromatic carbocycles. The monoisotopic (exact) mass is 665 g/mol. The van der Waals surface area contributed by atoms with Crippen molar-refractivity contribution in [3.8, 4) is 17.1 Å². The molecular formula is C39H37F2N3O5. The lowest BCUT2D eigenvalue weighted by molar-refractivity contribution is 0.0545. The molecule has 8 nitrogen and oxygen atoms in total. The summed E-state index contributed by atoms with van der Waals surface area (Å²) in [5.41, 5.74) is 3.34. The third kappa shape index (κ3) is 6.78. The summed E-state index contributed by atoms with van der Waals surface area (Å²) in [6, 6.07) is 22.4. The number of nitrogens with zero attached hydrogens (tertiary/aromatic N) is 3. The Morgan fingerprint density at radius 1 is 0.816 bits per heavy atom. The third-order valence-electron chi connectivity index (χ3n) is 9.67. The quantitative estimate of drug-likeness (QED) is 0.174. The molecule has 49 heavy (non-hydrogen) atoms. The molecule has 1 unspecified atom stereocenters. The van der Waals surface area contributed by atoms with Crippen molar-refractivity contribution in [1.82, 2.24) is 14.5 Å². The smallest absolute Gasteiger partial charge is 0.335 e. The van der Waals surface area contributed by atoms with Gasteiger partial charge in [0, 0.05) is 30.8 Å². The number of aliphatic hydroxyl groups excluding tert-OH is 1. The first-order valence-corrected chi connectivity index (χ1v) is 16.8. The van der Waals surface area contributed by atoms with Crippen LogP contribution in [0.1, 0.15) is 88.9 Å². The highest BCUT2D eigenvalue weighted by molar-refractivity contribution is 5.95. The minimum absolute atomic E-state index is 0.104. The number of fused-ring (bicyclic) bond motifs is 1. The Bertz CT molecular complexity index is 2000. The summed E-state index contributed by atoms with van der Waals surface area (Å²) in [5, 5.41) is 19.5. The van der Waals surface area contributed by atoms with E-state index in [1.54, 1.807) is 59.5 Å². The second kappa shape index (κ2) is 13.8. The van der Waals surface area contributed by atoms with Crippen LogP contribution in [-0.4, -0.2) is 55.7 Å². The van der Waals surface area contributed by atoms with Crippen LogP contribution >= 0.6 is 0 Å². The molecule has 2 fully saturated rings. The SMILES string of the molecule is O=C(O)c1ccc2c(c1)nc(-c1ccc(OC(c3ccc(F)cc3)c3cccc(C(=O)N4CCC(O)CC4)c3)cc1F)n2C1CCCCC1. The van der Waals surface area contributed by atoms with Gasteiger partial charge in [0.1, 0.15) is 29.3 Å². The molecule has 0 radical (unpaired) electrons. The van der Waals surface area contributed by atoms with Gasteiger partial charge in [-0.3, -0.25) is 4.79 Å². The zero-order chi connectivity index (χ0) is 34.1. The number of imidazole rings is 1. The molecule has 2 aliphatic rings. The molecule has 7 rings (SSSR count). The number of piperidine rings is 1. The summed E-state index contributed by atoms with van der Waals surface area (Å²) in [6.45, 7) is 0.923. The molecule has 1 aliphatic carbocycles. The van der Waals surface area contributed by atoms with E-state index in [4.69, 9.17) is 9.72 Å². The van der Waals surface area contributed by atoms with Gasteiger partial charge in [0.15, 0.2) is 0 Å². The summed E-state index contributed by atoms with van der Waals surface area (Å²) < 4.78 is 38.6. The summed E-state index contributed by atoms with van der Waals surface area (Å²) in [5.74, 6) is -1.52. The lowest BCUT2D eigenvalue weighted by Crippen LogP contribution is -2.40. The molecule has 1 aliphatic heterocycles. The molecule has 0 spiro atoms. The van der Waals surface area contributed by atoms with Gasteiger partial charge in [0.2, 0.25) is 0 Å². The molecular weight excluding hydrogens is 628 g/mol. The molecule has 252 valence electrons. The summed E-state index contributed by atoms with van der Waals surface area (Å²) in [6.07, 6.45) is 4.92. The van der Waals surface area contributed by atoms with Crippen molar-refractivity contribution in [3.05, 3.63) is 119 Å². The van der Waals surface area contributed by atoms with Crippen molar-refractivity contribution in [2.75, 3.05) is 13.1 Å². The maximum atomic E-state index is 16.2. The van der Waals surface area contributed by atoms with Gasteiger partial charge in [-0.2, -0.15) is 0 Å². The zero-order valence-corrected chi connectivity index (χ0v) is 26.9. The van der Waals surface area contributed by atoms with Gasteiger partial charge in [-0.1, -0.05) is 43.5 Å². The Morgan fingerprint density at radius 2 is 1.57 bits per heavy atom. The van der Waals surface area contributed by atoms with Crippen molar-refractivity contribution < 1.29 is 33.3 Å². The molecule has 2 N–H and O–H groups in total. The Morgan fingerprint density at radius 3 is 2.29 bits per heavy atom. The number of carbonyl (C=O) groups excluding carboxylic acids is 1. The van der Waals surface area contributed by atoms with Crippen LogP contribution in [0.4, 0.5) is 8.78 Å². The number of ether oxygens (including phenoxy) is 1. The predicted octanol–water partition coefficient (Wildman–Crippen LogP) is 7.95. The number of halogens is 2. The van der Waals surface area contributed by atoms with Gasteiger partial charge < -0.3 is 24.4 Å². The second-order valence-corrected chi connectivity index (χ2v) is 12.9. The maximum absolute atomic E-state index is 16.2. The first-order chi connectivity index (χ1) is 23.7. The number of carbonyl (C=O) groups is 2. The van der Waals surface area contributed by atoms with Gasteiger partial charge in [-0.15, -0.1) is 0 Å². The molecule has 1 aromatic heterocycles. The molecule has 0 bridgehead atoms. The van der Waals surface area contributed by atoms with Crippen LogP contribution < -0.4 is 4.74 Å². The van der Waals surface area contributed by atoms with Crippen LogP contribution in [0.2, 0.25) is 0 Å². The van der Waals surface area contributed by atoms with E-state index in [1.807, 2.05) is 10.6 Å². The molecule has 2 heterocycles. The predicted molar refractivity (Wildman–Crippen MR) is 181 cm³/mol. The zero-order valence-electron chi connectivity index (χ0n) is 26.9. The Labute approximate surface area is 282 Å². The number of amides is 1. The normalized spacial score (nSPS) is 16.5. The number of aliphatic hydroxyl groups is 1. The fraction of sp³-hybridized carbons (Fsp3) is 0.308. The van der Waals surface area contributed by atoms with E-state index in [2.05, 4.69) is 0 Å². The number of carboxylic acid groups (broad SMARTS) is 1. The molecule has 10 heteroatoms. The summed E-state index contributed by atoms with van der Waals surface area (Å²) >= 11 is 0. The number of hydrogen-bond acceptors (Lipinski definition) is 5. The van der Waals surface area contributed by atoms with Crippen molar-refractivity contribution in [2.24, 2.45) is 0 Å². The van der Waals surface area contributed by atoms with Gasteiger partial charge in [-0.05, 0) is 91.4 Å². The summed E-state index contributed by atoms with van der Waals surface area (Å²) in [7, 11) is 0. The van der Waals surface area contributed by atoms with E-state index >= 15 is 4.39 Å². The van der Waals surface area contributed by atoms with Crippen molar-refractivity contribution >= 4 is 22.9 Å². The topological polar surface area (TPSA) is 105 Å². The maximum Gasteiger partial charge on any atom is 0.335 e. The third-order valence-corrected chi connectivity index (χ3v) is 9.67. The first-order valence-electron chi connectivity index (χ1n) is 16.8. The highest BCUT2D eigenvalue weighted by atomic mass is 19.1. The summed E-state index contributed by atoms with van der Waals surface area (Å²) in [4.78, 5) is 31.5. The molecule has 1 saturated carbocycles. The number of rotatable bonds is 8. The van der Waals surface area contributed by atoms with Gasteiger partial charge >= 0.3 is 5.97 Å². The molecule has 1 atom stereocenters. The van der Waals surface area contributed by atoms with E-state index < -0.39 is 29.8 Å². The van der Waals surface area contributed by atoms with E-state index in [-0.39, 0.29) is 28.8 Å². The average Bonchev–Trinajstić information content (AvgIpc) is 3.50. The highest BCUT2D eigenvalue weighted by Crippen LogP contribution is 2.38. The van der Waals surface area contributed by atoms with Crippen LogP contribution in [0.5, 0.6) is 5.75 Å². The minimum Gasteiger partial charge on any atom is -0.481 e. The first kappa shape index (κ1) is 32.5. The van der Waals surface area contributed by atoms with Gasteiger partial charge in [-0.25, -0.2) is 18.6 Å². The minimum atomic E-state index is -1.06. The van der Waals surface area contributed by atoms with Crippen LogP contribution in [0, 0.1) is 11.6 Å². The Balaban J connectivity index is 1.23. The molecule has 1 amide bonds. The van der Waals surface area contributed by atoms with Crippen molar-refractivity contribution in [3.63, 3.8) is 0 Å². The van der Waals surface area contributed by atoms with Crippen LogP contribution in [-0.2, 0) is 0 Å². The lowest BCUT2D eigenvalue weighted by atomic mass is 9.94. The fourth-order valence-corrected chi connectivity index (χ4v) is 7.07. The number of likely N-dealkylation sites (tertiary alicyclic amines) is 1. The van der Waals surface area contributed by atoms with Crippen LogP contribution in [0.15, 0.2) is 84.9 Å². The van der Waals surface area contributed by atoms with Gasteiger partial charge in [0.05, 0.1) is 28.3 Å². The number of hydrogen-bond donors (Lipinski definition) is 2. The Kier molecular flexibility index (Phi) is 9.14. The molecule has 5 aromatic rings. The second-order valence-electron chi connectivity index (χ2n) is 12.9. The average molecular weight is 666 g/mol. The molecule has 1 saturated heterocycles.